The monoisotopic (exact) mass is 421 g/mol. The summed E-state index contributed by atoms with van der Waals surface area (Å²) in [7, 11) is 0. The molecule has 1 aliphatic heterocycles. The van der Waals surface area contributed by atoms with Gasteiger partial charge in [0.15, 0.2) is 5.78 Å². The van der Waals surface area contributed by atoms with Gasteiger partial charge in [0.2, 0.25) is 0 Å². The van der Waals surface area contributed by atoms with Crippen LogP contribution in [0.15, 0.2) is 59.1 Å². The number of Topliss-reactive ketones (excluding diaryl/α,β-unsaturated/α-hetero) is 1. The molecular formula is C24H24FN3OS. The summed E-state index contributed by atoms with van der Waals surface area (Å²) in [6, 6.07) is 12.6. The molecule has 0 spiro atoms. The van der Waals surface area contributed by atoms with Gasteiger partial charge in [-0.05, 0) is 42.5 Å². The van der Waals surface area contributed by atoms with E-state index in [9.17, 15) is 14.4 Å². The van der Waals surface area contributed by atoms with E-state index in [-0.39, 0.29) is 22.7 Å². The topological polar surface area (TPSA) is 70.1 Å². The minimum atomic E-state index is -0.498. The Labute approximate surface area is 180 Å². The van der Waals surface area contributed by atoms with E-state index in [1.165, 1.54) is 10.9 Å². The Morgan fingerprint density at radius 2 is 1.93 bits per heavy atom. The molecule has 154 valence electrons. The molecule has 0 saturated heterocycles. The highest BCUT2D eigenvalue weighted by atomic mass is 32.1. The second kappa shape index (κ2) is 7.41. The third kappa shape index (κ3) is 3.23. The Kier molecular flexibility index (Phi) is 5.03. The Morgan fingerprint density at radius 3 is 2.57 bits per heavy atom. The van der Waals surface area contributed by atoms with Crippen molar-refractivity contribution in [3.8, 4) is 6.07 Å². The van der Waals surface area contributed by atoms with Crippen molar-refractivity contribution < 1.29 is 9.18 Å². The highest BCUT2D eigenvalue weighted by molar-refractivity contribution is 7.12. The lowest BCUT2D eigenvalue weighted by molar-refractivity contribution is -0.116. The minimum absolute atomic E-state index is 0.00791. The molecule has 1 aromatic carbocycles. The number of nitrogens with zero attached hydrogens (tertiary/aromatic N) is 2. The molecule has 0 amide bonds. The molecule has 4 rings (SSSR count). The van der Waals surface area contributed by atoms with Gasteiger partial charge in [0.05, 0.1) is 23.2 Å². The number of para-hydroxylation sites is 1. The van der Waals surface area contributed by atoms with Crippen LogP contribution < -0.4 is 10.6 Å². The number of nitrogens with two attached hydrogens (primary N) is 1. The molecule has 2 aromatic rings. The Hall–Kier alpha value is -2.91. The Balaban J connectivity index is 1.95. The number of ketones is 1. The van der Waals surface area contributed by atoms with E-state index < -0.39 is 11.7 Å². The number of benzene rings is 1. The molecule has 0 unspecified atom stereocenters. The number of hydrogen-bond acceptors (Lipinski definition) is 5. The zero-order valence-electron chi connectivity index (χ0n) is 17.3. The van der Waals surface area contributed by atoms with Crippen molar-refractivity contribution in [3.05, 3.63) is 74.6 Å². The van der Waals surface area contributed by atoms with Crippen LogP contribution in [-0.4, -0.2) is 5.78 Å². The number of nitriles is 1. The molecule has 2 aliphatic rings. The second-order valence-electron chi connectivity index (χ2n) is 8.72. The first-order valence-electron chi connectivity index (χ1n) is 10.0. The van der Waals surface area contributed by atoms with Crippen LogP contribution >= 0.6 is 11.3 Å². The highest BCUT2D eigenvalue weighted by Crippen LogP contribution is 2.48. The molecule has 0 fully saturated rings. The lowest BCUT2D eigenvalue weighted by Crippen LogP contribution is -2.39. The van der Waals surface area contributed by atoms with E-state index in [1.807, 2.05) is 6.07 Å². The van der Waals surface area contributed by atoms with Crippen LogP contribution in [0.2, 0.25) is 0 Å². The van der Waals surface area contributed by atoms with Crippen LogP contribution in [-0.2, 0) is 10.2 Å². The van der Waals surface area contributed by atoms with Gasteiger partial charge >= 0.3 is 0 Å². The van der Waals surface area contributed by atoms with E-state index in [0.29, 0.717) is 36.1 Å². The third-order valence-electron chi connectivity index (χ3n) is 5.66. The molecule has 6 heteroatoms. The van der Waals surface area contributed by atoms with Gasteiger partial charge in [0.25, 0.3) is 0 Å². The first-order chi connectivity index (χ1) is 14.2. The van der Waals surface area contributed by atoms with Gasteiger partial charge < -0.3 is 5.73 Å². The summed E-state index contributed by atoms with van der Waals surface area (Å²) in [5.41, 5.74) is 8.31. The van der Waals surface area contributed by atoms with Crippen molar-refractivity contribution in [2.75, 3.05) is 4.90 Å². The molecule has 4 nitrogen and oxygen atoms in total. The van der Waals surface area contributed by atoms with Crippen molar-refractivity contribution in [1.29, 1.82) is 5.26 Å². The average Bonchev–Trinajstić information content (AvgIpc) is 3.19. The lowest BCUT2D eigenvalue weighted by Gasteiger charge is -2.39. The average molecular weight is 422 g/mol. The Morgan fingerprint density at radius 1 is 1.20 bits per heavy atom. The van der Waals surface area contributed by atoms with Gasteiger partial charge in [-0.15, -0.1) is 11.3 Å². The van der Waals surface area contributed by atoms with Gasteiger partial charge in [-0.1, -0.05) is 32.9 Å². The summed E-state index contributed by atoms with van der Waals surface area (Å²) in [6.07, 6.45) is 1.72. The normalized spacial score (nSPS) is 19.8. The van der Waals surface area contributed by atoms with Crippen molar-refractivity contribution in [3.63, 3.8) is 0 Å². The number of thiophene rings is 1. The summed E-state index contributed by atoms with van der Waals surface area (Å²) < 4.78 is 14.7. The fourth-order valence-electron chi connectivity index (χ4n) is 4.19. The molecule has 1 atom stereocenters. The van der Waals surface area contributed by atoms with Crippen molar-refractivity contribution in [1.82, 2.24) is 0 Å². The molecule has 2 heterocycles. The van der Waals surface area contributed by atoms with Gasteiger partial charge in [-0.25, -0.2) is 4.39 Å². The molecule has 30 heavy (non-hydrogen) atoms. The first kappa shape index (κ1) is 20.4. The highest BCUT2D eigenvalue weighted by Gasteiger charge is 2.41. The molecule has 1 aromatic heterocycles. The van der Waals surface area contributed by atoms with Crippen molar-refractivity contribution in [2.45, 2.75) is 51.4 Å². The van der Waals surface area contributed by atoms with Crippen molar-refractivity contribution >= 4 is 22.8 Å². The van der Waals surface area contributed by atoms with Gasteiger partial charge in [0, 0.05) is 27.4 Å². The summed E-state index contributed by atoms with van der Waals surface area (Å²) in [5, 5.41) is 10.0. The standard InChI is InChI=1S/C24H24FN3OS/c1-24(2,3)20-12-11-19(30-20)21-14(13-26)23(27)28(16-8-5-4-7-15(16)25)17-9-6-10-18(29)22(17)21/h4-5,7-8,11-12,21H,6,9-10,27H2,1-3H3/t21-/m0/s1. The van der Waals surface area contributed by atoms with E-state index in [1.54, 1.807) is 34.4 Å². The van der Waals surface area contributed by atoms with E-state index >= 15 is 0 Å². The zero-order valence-corrected chi connectivity index (χ0v) is 18.1. The Bertz CT molecular complexity index is 1130. The van der Waals surface area contributed by atoms with Crippen LogP contribution in [0.5, 0.6) is 0 Å². The predicted molar refractivity (Wildman–Crippen MR) is 117 cm³/mol. The second-order valence-corrected chi connectivity index (χ2v) is 9.84. The lowest BCUT2D eigenvalue weighted by atomic mass is 9.78. The van der Waals surface area contributed by atoms with Crippen molar-refractivity contribution in [2.24, 2.45) is 5.73 Å². The van der Waals surface area contributed by atoms with Gasteiger partial charge in [-0.2, -0.15) is 5.26 Å². The maximum Gasteiger partial charge on any atom is 0.161 e. The SMILES string of the molecule is CC(C)(C)c1ccc([C@@H]2C(C#N)=C(N)N(c3ccccc3F)C3=C2C(=O)CCC3)s1. The van der Waals surface area contributed by atoms with Crippen LogP contribution in [0.3, 0.4) is 0 Å². The van der Waals surface area contributed by atoms with Crippen LogP contribution in [0.4, 0.5) is 10.1 Å². The quantitative estimate of drug-likeness (QED) is 0.696. The van der Waals surface area contributed by atoms with Gasteiger partial charge in [-0.3, -0.25) is 9.69 Å². The largest absolute Gasteiger partial charge is 0.384 e. The van der Waals surface area contributed by atoms with Gasteiger partial charge in [0.1, 0.15) is 11.6 Å². The molecule has 1 aliphatic carbocycles. The van der Waals surface area contributed by atoms with Crippen LogP contribution in [0.1, 0.15) is 55.7 Å². The first-order valence-corrected chi connectivity index (χ1v) is 10.9. The fraction of sp³-hybridized carbons (Fsp3) is 0.333. The molecule has 2 N–H and O–H groups in total. The number of allylic oxidation sites excluding steroid dienone is 3. The minimum Gasteiger partial charge on any atom is -0.384 e. The number of rotatable bonds is 2. The molecule has 0 saturated carbocycles. The smallest absolute Gasteiger partial charge is 0.161 e. The number of hydrogen-bond donors (Lipinski definition) is 1. The van der Waals surface area contributed by atoms with Crippen LogP contribution in [0.25, 0.3) is 0 Å². The van der Waals surface area contributed by atoms with Crippen LogP contribution in [0, 0.1) is 17.1 Å². The number of halogens is 1. The third-order valence-corrected chi connectivity index (χ3v) is 7.23. The number of anilines is 1. The van der Waals surface area contributed by atoms with E-state index in [0.717, 1.165) is 4.88 Å². The molecule has 0 radical (unpaired) electrons. The van der Waals surface area contributed by atoms with E-state index in [4.69, 9.17) is 5.73 Å². The maximum atomic E-state index is 14.7. The summed E-state index contributed by atoms with van der Waals surface area (Å²) in [4.78, 5) is 16.8. The summed E-state index contributed by atoms with van der Waals surface area (Å²) in [5.74, 6) is -0.727. The van der Waals surface area contributed by atoms with E-state index in [2.05, 4.69) is 32.9 Å². The zero-order chi connectivity index (χ0) is 21.6. The summed E-state index contributed by atoms with van der Waals surface area (Å²) in [6.45, 7) is 6.40. The number of carbonyl (C=O) groups is 1. The maximum absolute atomic E-state index is 14.7. The predicted octanol–water partition coefficient (Wildman–Crippen LogP) is 5.49. The fourth-order valence-corrected chi connectivity index (χ4v) is 5.38. The molecule has 0 bridgehead atoms. The summed E-state index contributed by atoms with van der Waals surface area (Å²) >= 11 is 1.61. The molecular weight excluding hydrogens is 397 g/mol. The number of carbonyl (C=O) groups excluding carboxylic acids is 1.